The maximum absolute atomic E-state index is 9.94. The first-order chi connectivity index (χ1) is 14.3. The Morgan fingerprint density at radius 2 is 1.72 bits per heavy atom. The van der Waals surface area contributed by atoms with E-state index in [1.54, 1.807) is 6.20 Å². The van der Waals surface area contributed by atoms with Crippen molar-refractivity contribution in [3.05, 3.63) is 36.2 Å². The molecular formula is C22H32N6O. The highest BCUT2D eigenvalue weighted by atomic mass is 16.3. The van der Waals surface area contributed by atoms with Crippen molar-refractivity contribution >= 4 is 17.6 Å². The molecule has 0 amide bonds. The smallest absolute Gasteiger partial charge is 0.224 e. The van der Waals surface area contributed by atoms with Crippen LogP contribution >= 0.6 is 0 Å². The Morgan fingerprint density at radius 1 is 0.931 bits per heavy atom. The van der Waals surface area contributed by atoms with Crippen molar-refractivity contribution in [3.8, 4) is 0 Å². The van der Waals surface area contributed by atoms with E-state index in [1.807, 2.05) is 18.3 Å². The molecule has 2 aliphatic heterocycles. The number of nitrogens with zero attached hydrogens (tertiary/aromatic N) is 5. The lowest BCUT2D eigenvalue weighted by Crippen LogP contribution is -2.38. The summed E-state index contributed by atoms with van der Waals surface area (Å²) in [6.45, 7) is 4.36. The van der Waals surface area contributed by atoms with Gasteiger partial charge in [0.05, 0.1) is 6.10 Å². The zero-order chi connectivity index (χ0) is 19.9. The van der Waals surface area contributed by atoms with E-state index in [1.165, 1.54) is 37.7 Å². The minimum absolute atomic E-state index is 0.272. The monoisotopic (exact) mass is 396 g/mol. The molecule has 2 aromatic heterocycles. The fraction of sp³-hybridized carbons (Fsp3) is 0.591. The van der Waals surface area contributed by atoms with Crippen LogP contribution < -0.4 is 15.1 Å². The fourth-order valence-electron chi connectivity index (χ4n) is 4.26. The average molecular weight is 397 g/mol. The van der Waals surface area contributed by atoms with Gasteiger partial charge in [0.15, 0.2) is 0 Å². The number of aromatic nitrogens is 3. The molecule has 0 saturated carbocycles. The van der Waals surface area contributed by atoms with E-state index in [9.17, 15) is 5.11 Å². The number of nitrogens with one attached hydrogen (secondary N) is 1. The van der Waals surface area contributed by atoms with Crippen LogP contribution in [0.25, 0.3) is 0 Å². The predicted octanol–water partition coefficient (Wildman–Crippen LogP) is 3.22. The third kappa shape index (κ3) is 5.35. The normalized spacial score (nSPS) is 20.8. The predicted molar refractivity (Wildman–Crippen MR) is 116 cm³/mol. The van der Waals surface area contributed by atoms with E-state index in [4.69, 9.17) is 4.98 Å². The Hall–Kier alpha value is -2.41. The van der Waals surface area contributed by atoms with Gasteiger partial charge in [-0.25, -0.2) is 9.97 Å². The summed E-state index contributed by atoms with van der Waals surface area (Å²) >= 11 is 0. The molecule has 7 heteroatoms. The number of anilines is 3. The molecule has 2 aromatic rings. The quantitative estimate of drug-likeness (QED) is 0.803. The Bertz CT molecular complexity index is 777. The van der Waals surface area contributed by atoms with E-state index >= 15 is 0 Å². The van der Waals surface area contributed by atoms with Crippen LogP contribution in [0.4, 0.5) is 17.6 Å². The number of pyridine rings is 1. The maximum Gasteiger partial charge on any atom is 0.224 e. The van der Waals surface area contributed by atoms with Crippen LogP contribution in [0.1, 0.15) is 50.5 Å². The highest BCUT2D eigenvalue weighted by Crippen LogP contribution is 2.23. The fourth-order valence-corrected chi connectivity index (χ4v) is 4.26. The number of hydrogen-bond acceptors (Lipinski definition) is 7. The lowest BCUT2D eigenvalue weighted by molar-refractivity contribution is 0.154. The summed E-state index contributed by atoms with van der Waals surface area (Å²) in [5.41, 5.74) is 1.18. The minimum atomic E-state index is -0.272. The molecule has 0 unspecified atom stereocenters. The SMILES string of the molecule is O[C@H]1CCCN(c2ccnc(NCc3cccnc3N3CCCCCCC3)n2)C1. The molecule has 7 nitrogen and oxygen atoms in total. The van der Waals surface area contributed by atoms with Crippen molar-refractivity contribution in [2.45, 2.75) is 57.6 Å². The van der Waals surface area contributed by atoms with Gasteiger partial charge in [0.2, 0.25) is 5.95 Å². The number of rotatable bonds is 5. The van der Waals surface area contributed by atoms with Crippen LogP contribution in [0.3, 0.4) is 0 Å². The third-order valence-electron chi connectivity index (χ3n) is 5.82. The van der Waals surface area contributed by atoms with Gasteiger partial charge in [0, 0.05) is 50.7 Å². The number of piperidine rings is 1. The first-order valence-electron chi connectivity index (χ1n) is 11.0. The zero-order valence-electron chi connectivity index (χ0n) is 17.1. The molecule has 0 aromatic carbocycles. The van der Waals surface area contributed by atoms with Crippen LogP contribution in [0.15, 0.2) is 30.6 Å². The van der Waals surface area contributed by atoms with Gasteiger partial charge in [-0.1, -0.05) is 25.3 Å². The van der Waals surface area contributed by atoms with Gasteiger partial charge in [-0.3, -0.25) is 0 Å². The van der Waals surface area contributed by atoms with E-state index < -0.39 is 0 Å². The van der Waals surface area contributed by atoms with Crippen LogP contribution in [0.2, 0.25) is 0 Å². The van der Waals surface area contributed by atoms with Gasteiger partial charge in [-0.2, -0.15) is 4.98 Å². The zero-order valence-corrected chi connectivity index (χ0v) is 17.1. The van der Waals surface area contributed by atoms with Gasteiger partial charge in [0.25, 0.3) is 0 Å². The summed E-state index contributed by atoms with van der Waals surface area (Å²) in [7, 11) is 0. The molecule has 2 N–H and O–H groups in total. The molecular weight excluding hydrogens is 364 g/mol. The Kier molecular flexibility index (Phi) is 6.77. The van der Waals surface area contributed by atoms with Gasteiger partial charge in [-0.15, -0.1) is 0 Å². The summed E-state index contributed by atoms with van der Waals surface area (Å²) in [4.78, 5) is 18.3. The highest BCUT2D eigenvalue weighted by molar-refractivity contribution is 5.49. The molecule has 29 heavy (non-hydrogen) atoms. The molecule has 0 bridgehead atoms. The molecule has 2 saturated heterocycles. The van der Waals surface area contributed by atoms with E-state index in [2.05, 4.69) is 31.2 Å². The van der Waals surface area contributed by atoms with Crippen molar-refractivity contribution in [1.29, 1.82) is 0 Å². The van der Waals surface area contributed by atoms with Crippen LogP contribution in [0.5, 0.6) is 0 Å². The Labute approximate surface area is 173 Å². The molecule has 4 rings (SSSR count). The number of aliphatic hydroxyl groups is 1. The molecule has 2 fully saturated rings. The van der Waals surface area contributed by atoms with Crippen molar-refractivity contribution in [2.75, 3.05) is 41.3 Å². The van der Waals surface area contributed by atoms with Gasteiger partial charge >= 0.3 is 0 Å². The van der Waals surface area contributed by atoms with E-state index in [0.29, 0.717) is 19.0 Å². The molecule has 4 heterocycles. The maximum atomic E-state index is 9.94. The van der Waals surface area contributed by atoms with Crippen molar-refractivity contribution in [3.63, 3.8) is 0 Å². The number of aliphatic hydroxyl groups excluding tert-OH is 1. The second-order valence-electron chi connectivity index (χ2n) is 8.08. The molecule has 1 atom stereocenters. The summed E-state index contributed by atoms with van der Waals surface area (Å²) in [6, 6.07) is 6.05. The van der Waals surface area contributed by atoms with Gasteiger partial charge in [0.1, 0.15) is 11.6 Å². The van der Waals surface area contributed by atoms with E-state index in [-0.39, 0.29) is 6.10 Å². The van der Waals surface area contributed by atoms with Crippen molar-refractivity contribution in [1.82, 2.24) is 15.0 Å². The van der Waals surface area contributed by atoms with Crippen molar-refractivity contribution in [2.24, 2.45) is 0 Å². The standard InChI is InChI=1S/C22H32N6O/c29-19-9-7-15-28(17-19)20-10-12-24-22(26-20)25-16-18-8-6-11-23-21(18)27-13-4-2-1-3-5-14-27/h6,8,10-12,19,29H,1-5,7,9,13-17H2,(H,24,25,26)/t19-/m0/s1. The molecule has 0 spiro atoms. The number of β-amino-alcohol motifs (C(OH)–C–C–N with tert-alkyl or cyclic N) is 1. The second kappa shape index (κ2) is 9.87. The molecule has 156 valence electrons. The van der Waals surface area contributed by atoms with Crippen molar-refractivity contribution < 1.29 is 5.11 Å². The topological polar surface area (TPSA) is 77.4 Å². The lowest BCUT2D eigenvalue weighted by atomic mass is 10.1. The van der Waals surface area contributed by atoms with Crippen LogP contribution in [-0.4, -0.2) is 52.3 Å². The molecule has 0 aliphatic carbocycles. The summed E-state index contributed by atoms with van der Waals surface area (Å²) in [6.07, 6.45) is 11.7. The van der Waals surface area contributed by atoms with Crippen LogP contribution in [-0.2, 0) is 6.54 Å². The van der Waals surface area contributed by atoms with Crippen LogP contribution in [0, 0.1) is 0 Å². The third-order valence-corrected chi connectivity index (χ3v) is 5.82. The second-order valence-corrected chi connectivity index (χ2v) is 8.08. The highest BCUT2D eigenvalue weighted by Gasteiger charge is 2.19. The van der Waals surface area contributed by atoms with Gasteiger partial charge < -0.3 is 20.2 Å². The minimum Gasteiger partial charge on any atom is -0.391 e. The molecule has 2 aliphatic rings. The summed E-state index contributed by atoms with van der Waals surface area (Å²) in [5, 5.41) is 13.3. The first-order valence-corrected chi connectivity index (χ1v) is 11.0. The lowest BCUT2D eigenvalue weighted by Gasteiger charge is -2.31. The Balaban J connectivity index is 1.43. The average Bonchev–Trinajstić information content (AvgIpc) is 2.73. The summed E-state index contributed by atoms with van der Waals surface area (Å²) in [5.74, 6) is 2.57. The Morgan fingerprint density at radius 3 is 2.55 bits per heavy atom. The van der Waals surface area contributed by atoms with E-state index in [0.717, 1.165) is 44.1 Å². The largest absolute Gasteiger partial charge is 0.391 e. The number of hydrogen-bond donors (Lipinski definition) is 2. The first kappa shape index (κ1) is 19.9. The molecule has 0 radical (unpaired) electrons. The van der Waals surface area contributed by atoms with Gasteiger partial charge in [-0.05, 0) is 37.8 Å². The summed E-state index contributed by atoms with van der Waals surface area (Å²) < 4.78 is 0.